The molecule has 9 heteroatoms. The lowest BCUT2D eigenvalue weighted by molar-refractivity contribution is -0.141. The van der Waals surface area contributed by atoms with E-state index in [0.29, 0.717) is 19.4 Å². The Balaban J connectivity index is 2.03. The maximum Gasteiger partial charge on any atom is 0.327 e. The zero-order valence-corrected chi connectivity index (χ0v) is 11.3. The van der Waals surface area contributed by atoms with Crippen molar-refractivity contribution >= 4 is 22.9 Å². The average Bonchev–Trinajstić information content (AvgIpc) is 2.95. The molecule has 22 heavy (non-hydrogen) atoms. The van der Waals surface area contributed by atoms with Crippen molar-refractivity contribution in [3.63, 3.8) is 0 Å². The van der Waals surface area contributed by atoms with Gasteiger partial charge in [-0.2, -0.15) is 0 Å². The molecule has 3 N–H and O–H groups in total. The predicted molar refractivity (Wildman–Crippen MR) is 74.7 cm³/mol. The van der Waals surface area contributed by atoms with Crippen LogP contribution >= 0.6 is 0 Å². The number of rotatable bonds is 2. The Hall–Kier alpha value is -2.97. The maximum atomic E-state index is 12.4. The van der Waals surface area contributed by atoms with E-state index in [-0.39, 0.29) is 16.6 Å². The summed E-state index contributed by atoms with van der Waals surface area (Å²) in [6.45, 7) is 0.343. The Morgan fingerprint density at radius 2 is 2.09 bits per heavy atom. The third-order valence-electron chi connectivity index (χ3n) is 3.64. The summed E-state index contributed by atoms with van der Waals surface area (Å²) in [5.41, 5.74) is -1.16. The van der Waals surface area contributed by atoms with Gasteiger partial charge in [0.1, 0.15) is 11.7 Å². The van der Waals surface area contributed by atoms with Crippen molar-refractivity contribution < 1.29 is 14.7 Å². The first-order chi connectivity index (χ1) is 10.5. The van der Waals surface area contributed by atoms with Crippen LogP contribution in [0.15, 0.2) is 21.9 Å². The number of carbonyl (C=O) groups is 2. The van der Waals surface area contributed by atoms with E-state index >= 15 is 0 Å². The highest BCUT2D eigenvalue weighted by Crippen LogP contribution is 2.20. The van der Waals surface area contributed by atoms with Gasteiger partial charge in [-0.15, -0.1) is 0 Å². The van der Waals surface area contributed by atoms with Crippen molar-refractivity contribution in [2.45, 2.75) is 18.9 Å². The number of carbonyl (C=O) groups excluding carboxylic acids is 1. The Bertz CT molecular complexity index is 884. The molecule has 1 atom stereocenters. The lowest BCUT2D eigenvalue weighted by Crippen LogP contribution is -2.40. The molecule has 0 aliphatic carbocycles. The quantitative estimate of drug-likeness (QED) is 0.671. The van der Waals surface area contributed by atoms with Gasteiger partial charge in [-0.1, -0.05) is 0 Å². The number of aromatic nitrogens is 3. The Labute approximate surface area is 122 Å². The van der Waals surface area contributed by atoms with Crippen LogP contribution < -0.4 is 11.2 Å². The Morgan fingerprint density at radius 1 is 1.32 bits per heavy atom. The molecule has 1 fully saturated rings. The van der Waals surface area contributed by atoms with Gasteiger partial charge in [0.05, 0.1) is 10.9 Å². The van der Waals surface area contributed by atoms with Crippen LogP contribution in [0.2, 0.25) is 0 Å². The van der Waals surface area contributed by atoms with Gasteiger partial charge >= 0.3 is 11.7 Å². The molecule has 1 aliphatic rings. The predicted octanol–water partition coefficient (Wildman–Crippen LogP) is -0.699. The summed E-state index contributed by atoms with van der Waals surface area (Å²) in [6.07, 6.45) is 2.23. The van der Waals surface area contributed by atoms with Crippen molar-refractivity contribution in [3.8, 4) is 0 Å². The minimum absolute atomic E-state index is 0.0662. The number of carboxylic acids is 1. The van der Waals surface area contributed by atoms with E-state index in [4.69, 9.17) is 5.11 Å². The third kappa shape index (κ3) is 2.26. The zero-order valence-electron chi connectivity index (χ0n) is 11.3. The van der Waals surface area contributed by atoms with Gasteiger partial charge < -0.3 is 10.0 Å². The summed E-state index contributed by atoms with van der Waals surface area (Å²) in [6, 6.07) is 0.438. The topological polar surface area (TPSA) is 136 Å². The average molecular weight is 304 g/mol. The summed E-state index contributed by atoms with van der Waals surface area (Å²) >= 11 is 0. The summed E-state index contributed by atoms with van der Waals surface area (Å²) < 4.78 is 0. The van der Waals surface area contributed by atoms with Gasteiger partial charge in [0.15, 0.2) is 0 Å². The molecule has 9 nitrogen and oxygen atoms in total. The molecular weight excluding hydrogens is 292 g/mol. The van der Waals surface area contributed by atoms with E-state index in [1.165, 1.54) is 17.2 Å². The lowest BCUT2D eigenvalue weighted by atomic mass is 10.2. The van der Waals surface area contributed by atoms with Crippen LogP contribution in [-0.2, 0) is 4.79 Å². The number of amides is 1. The van der Waals surface area contributed by atoms with Crippen LogP contribution in [0.3, 0.4) is 0 Å². The number of hydrogen-bond donors (Lipinski definition) is 3. The largest absolute Gasteiger partial charge is 0.480 e. The molecule has 114 valence electrons. The van der Waals surface area contributed by atoms with E-state index in [1.54, 1.807) is 0 Å². The molecule has 0 spiro atoms. The number of fused-ring (bicyclic) bond motifs is 1. The van der Waals surface area contributed by atoms with Gasteiger partial charge in [-0.3, -0.25) is 19.6 Å². The number of hydrogen-bond acceptors (Lipinski definition) is 5. The molecule has 0 aromatic carbocycles. The normalized spacial score (nSPS) is 17.8. The van der Waals surface area contributed by atoms with E-state index < -0.39 is 29.2 Å². The molecular formula is C13H12N4O5. The minimum Gasteiger partial charge on any atom is -0.480 e. The Kier molecular flexibility index (Phi) is 3.24. The second-order valence-electron chi connectivity index (χ2n) is 5.02. The van der Waals surface area contributed by atoms with E-state index in [2.05, 4.69) is 15.0 Å². The standard InChI is InChI=1S/C13H12N4O5/c18-10-7-4-6(5-14-9(7)15-13(22)16-10)11(19)17-3-1-2-8(17)12(20)21/h4-5,8H,1-3H2,(H,20,21)(H2,14,15,16,18,22). The maximum absolute atomic E-state index is 12.4. The van der Waals surface area contributed by atoms with Gasteiger partial charge in [0.25, 0.3) is 11.5 Å². The van der Waals surface area contributed by atoms with E-state index in [9.17, 15) is 19.2 Å². The number of pyridine rings is 1. The number of aliphatic carboxylic acids is 1. The number of carboxylic acid groups (broad SMARTS) is 1. The minimum atomic E-state index is -1.05. The SMILES string of the molecule is O=C(O)C1CCCN1C(=O)c1cnc2[nH]c(=O)[nH]c(=O)c2c1. The molecule has 2 aromatic rings. The fourth-order valence-electron chi connectivity index (χ4n) is 2.60. The molecule has 2 aromatic heterocycles. The highest BCUT2D eigenvalue weighted by molar-refractivity contribution is 5.98. The van der Waals surface area contributed by atoms with Crippen LogP contribution in [0.1, 0.15) is 23.2 Å². The second kappa shape index (κ2) is 5.10. The molecule has 0 radical (unpaired) electrons. The van der Waals surface area contributed by atoms with Crippen LogP contribution in [0.4, 0.5) is 0 Å². The fraction of sp³-hybridized carbons (Fsp3) is 0.308. The molecule has 1 saturated heterocycles. The Morgan fingerprint density at radius 3 is 2.82 bits per heavy atom. The van der Waals surface area contributed by atoms with Gasteiger partial charge in [-0.05, 0) is 18.9 Å². The molecule has 1 unspecified atom stereocenters. The second-order valence-corrected chi connectivity index (χ2v) is 5.02. The highest BCUT2D eigenvalue weighted by Gasteiger charge is 2.34. The fourth-order valence-corrected chi connectivity index (χ4v) is 2.60. The van der Waals surface area contributed by atoms with Crippen molar-refractivity contribution in [2.75, 3.05) is 6.54 Å². The van der Waals surface area contributed by atoms with Crippen molar-refractivity contribution in [1.29, 1.82) is 0 Å². The molecule has 0 saturated carbocycles. The van der Waals surface area contributed by atoms with Crippen molar-refractivity contribution in [1.82, 2.24) is 19.9 Å². The van der Waals surface area contributed by atoms with Gasteiger partial charge in [0, 0.05) is 12.7 Å². The highest BCUT2D eigenvalue weighted by atomic mass is 16.4. The summed E-state index contributed by atoms with van der Waals surface area (Å²) in [5, 5.41) is 9.19. The third-order valence-corrected chi connectivity index (χ3v) is 3.64. The van der Waals surface area contributed by atoms with E-state index in [1.807, 2.05) is 0 Å². The molecule has 0 bridgehead atoms. The zero-order chi connectivity index (χ0) is 15.9. The lowest BCUT2D eigenvalue weighted by Gasteiger charge is -2.21. The monoisotopic (exact) mass is 304 g/mol. The number of aromatic amines is 2. The first kappa shape index (κ1) is 14.0. The van der Waals surface area contributed by atoms with Crippen LogP contribution in [0.5, 0.6) is 0 Å². The molecule has 3 heterocycles. The van der Waals surface area contributed by atoms with Crippen LogP contribution in [-0.4, -0.2) is 49.4 Å². The van der Waals surface area contributed by atoms with Crippen LogP contribution in [0.25, 0.3) is 11.0 Å². The van der Waals surface area contributed by atoms with Crippen molar-refractivity contribution in [3.05, 3.63) is 38.7 Å². The van der Waals surface area contributed by atoms with Gasteiger partial charge in [-0.25, -0.2) is 14.6 Å². The first-order valence-corrected chi connectivity index (χ1v) is 6.63. The molecule has 3 rings (SSSR count). The number of nitrogens with one attached hydrogen (secondary N) is 2. The van der Waals surface area contributed by atoms with Gasteiger partial charge in [0.2, 0.25) is 0 Å². The molecule has 1 amide bonds. The van der Waals surface area contributed by atoms with Crippen molar-refractivity contribution in [2.24, 2.45) is 0 Å². The van der Waals surface area contributed by atoms with Crippen LogP contribution in [0, 0.1) is 0 Å². The number of H-pyrrole nitrogens is 2. The molecule has 1 aliphatic heterocycles. The number of likely N-dealkylation sites (tertiary alicyclic amines) is 1. The van der Waals surface area contributed by atoms with E-state index in [0.717, 1.165) is 0 Å². The number of nitrogens with zero attached hydrogens (tertiary/aromatic N) is 2. The smallest absolute Gasteiger partial charge is 0.327 e. The summed E-state index contributed by atoms with van der Waals surface area (Å²) in [7, 11) is 0. The first-order valence-electron chi connectivity index (χ1n) is 6.63. The summed E-state index contributed by atoms with van der Waals surface area (Å²) in [5.74, 6) is -1.55. The summed E-state index contributed by atoms with van der Waals surface area (Å²) in [4.78, 5) is 56.0.